The van der Waals surface area contributed by atoms with Gasteiger partial charge in [0.2, 0.25) is 5.91 Å². The number of benzene rings is 3. The second-order valence-electron chi connectivity index (χ2n) is 12.1. The number of nitrogens with one attached hydrogen (secondary N) is 3. The lowest BCUT2D eigenvalue weighted by Crippen LogP contribution is -2.51. The molecule has 0 radical (unpaired) electrons. The Morgan fingerprint density at radius 1 is 1.02 bits per heavy atom. The maximum Gasteiger partial charge on any atom is 0.407 e. The van der Waals surface area contributed by atoms with Crippen LogP contribution in [0.2, 0.25) is 0 Å². The number of nitrogen functional groups attached to an aromatic ring is 1. The summed E-state index contributed by atoms with van der Waals surface area (Å²) in [5.41, 5.74) is 7.59. The van der Waals surface area contributed by atoms with Crippen molar-refractivity contribution in [3.63, 3.8) is 0 Å². The third-order valence-electron chi connectivity index (χ3n) is 7.93. The number of carbonyl (C=O) groups is 2. The van der Waals surface area contributed by atoms with Gasteiger partial charge < -0.3 is 41.0 Å². The molecule has 4 atom stereocenters. The molecule has 14 heteroatoms. The molecule has 0 spiro atoms. The molecule has 0 bridgehead atoms. The van der Waals surface area contributed by atoms with Gasteiger partial charge in [-0.3, -0.25) is 13.9 Å². The van der Waals surface area contributed by atoms with Crippen LogP contribution in [-0.4, -0.2) is 88.7 Å². The quantitative estimate of drug-likeness (QED) is 0.113. The largest absolute Gasteiger partial charge is 0.497 e. The second-order valence-corrected chi connectivity index (χ2v) is 14.1. The minimum absolute atomic E-state index is 0.0349. The van der Waals surface area contributed by atoms with Crippen molar-refractivity contribution >= 4 is 34.2 Å². The highest BCUT2D eigenvalue weighted by molar-refractivity contribution is 8.22. The molecular weight excluding hydrogens is 638 g/mol. The van der Waals surface area contributed by atoms with Gasteiger partial charge in [-0.1, -0.05) is 44.2 Å². The monoisotopic (exact) mass is 685 g/mol. The molecule has 1 fully saturated rings. The van der Waals surface area contributed by atoms with Crippen molar-refractivity contribution in [1.29, 1.82) is 0 Å². The average molecular weight is 686 g/mol. The van der Waals surface area contributed by atoms with Crippen molar-refractivity contribution in [2.75, 3.05) is 44.9 Å². The van der Waals surface area contributed by atoms with Gasteiger partial charge in [0, 0.05) is 37.8 Å². The molecule has 1 heterocycles. The molecule has 1 aliphatic rings. The molecule has 0 unspecified atom stereocenters. The fraction of sp³-hybridized carbons (Fsp3) is 0.412. The summed E-state index contributed by atoms with van der Waals surface area (Å²) in [6.07, 6.45) is -2.11. The molecule has 0 aromatic heterocycles. The van der Waals surface area contributed by atoms with Crippen LogP contribution < -0.4 is 31.2 Å². The maximum absolute atomic E-state index is 13.2. The van der Waals surface area contributed by atoms with Crippen LogP contribution in [0.3, 0.4) is 0 Å². The molecule has 1 aliphatic heterocycles. The summed E-state index contributed by atoms with van der Waals surface area (Å²) in [7, 11) is -0.465. The van der Waals surface area contributed by atoms with Crippen molar-refractivity contribution in [2.24, 2.45) is 5.92 Å². The first kappa shape index (κ1) is 36.8. The lowest BCUT2D eigenvalue weighted by atomic mass is 10.0. The van der Waals surface area contributed by atoms with Crippen LogP contribution in [0.15, 0.2) is 77.7 Å². The highest BCUT2D eigenvalue weighted by Gasteiger charge is 2.35. The standard InChI is InChI=1S/C34H47N5O8S/c1-22(2)20-39(48(43,44)27-13-10-24(35)11-14-27)21-31(40)28(16-23-8-6-5-7-9-23)38-34(42)47-26-18-30(36-19-26)33(41)37-29-17-25(45-3)12-15-32(29)46-4/h5-15,17,22,26,28,30-31,36,40,43-44H,16,18-21,35H2,1-4H3,(H,37,41)(H,38,42)/t26-,28+,30+,31-/m1/s1. The third kappa shape index (κ3) is 9.98. The first-order chi connectivity index (χ1) is 22.9. The Labute approximate surface area is 283 Å². The maximum atomic E-state index is 13.2. The second kappa shape index (κ2) is 16.9. The number of alkyl carbamates (subject to hydrolysis) is 1. The fourth-order valence-electron chi connectivity index (χ4n) is 5.44. The van der Waals surface area contributed by atoms with E-state index in [-0.39, 0.29) is 49.2 Å². The van der Waals surface area contributed by atoms with Crippen LogP contribution >= 0.6 is 10.8 Å². The molecule has 4 rings (SSSR count). The zero-order valence-electron chi connectivity index (χ0n) is 27.7. The first-order valence-corrected chi connectivity index (χ1v) is 17.2. The van der Waals surface area contributed by atoms with E-state index in [9.17, 15) is 23.8 Å². The molecule has 1 saturated heterocycles. The minimum atomic E-state index is -3.49. The number of nitrogens with zero attached hydrogens (tertiary/aromatic N) is 1. The van der Waals surface area contributed by atoms with E-state index in [0.717, 1.165) is 5.56 Å². The molecule has 48 heavy (non-hydrogen) atoms. The molecule has 13 nitrogen and oxygen atoms in total. The third-order valence-corrected chi connectivity index (χ3v) is 9.85. The zero-order chi connectivity index (χ0) is 34.8. The highest BCUT2D eigenvalue weighted by Crippen LogP contribution is 2.52. The number of aliphatic hydroxyl groups is 1. The van der Waals surface area contributed by atoms with Gasteiger partial charge >= 0.3 is 6.09 Å². The molecule has 2 amide bonds. The van der Waals surface area contributed by atoms with Gasteiger partial charge in [0.05, 0.1) is 43.0 Å². The van der Waals surface area contributed by atoms with Crippen LogP contribution in [0.1, 0.15) is 25.8 Å². The first-order valence-electron chi connectivity index (χ1n) is 15.7. The number of methoxy groups -OCH3 is 2. The van der Waals surface area contributed by atoms with E-state index in [1.807, 2.05) is 44.2 Å². The summed E-state index contributed by atoms with van der Waals surface area (Å²) in [6, 6.07) is 19.2. The van der Waals surface area contributed by atoms with Gasteiger partial charge in [-0.15, -0.1) is 10.8 Å². The number of aliphatic hydroxyl groups excluding tert-OH is 1. The highest BCUT2D eigenvalue weighted by atomic mass is 32.3. The summed E-state index contributed by atoms with van der Waals surface area (Å²) >= 11 is 0. The Hall–Kier alpha value is -4.05. The average Bonchev–Trinajstić information content (AvgIpc) is 3.53. The van der Waals surface area contributed by atoms with Crippen LogP contribution in [0.5, 0.6) is 11.5 Å². The van der Waals surface area contributed by atoms with Crippen molar-refractivity contribution in [1.82, 2.24) is 14.9 Å². The van der Waals surface area contributed by atoms with Crippen LogP contribution in [-0.2, 0) is 16.0 Å². The van der Waals surface area contributed by atoms with Gasteiger partial charge in [-0.05, 0) is 54.3 Å². The molecule has 8 N–H and O–H groups in total. The van der Waals surface area contributed by atoms with Gasteiger partial charge in [0.25, 0.3) is 0 Å². The SMILES string of the molecule is COc1ccc(OC)c(NC(=O)[C@@H]2C[C@@H](OC(=O)N[C@@H](Cc3ccccc3)[C@H](O)CN(CC(C)C)S(O)(O)c3ccc(N)cc3)CN2)c1. The number of hydrogen-bond donors (Lipinski definition) is 7. The number of nitrogens with two attached hydrogens (primary N) is 1. The summed E-state index contributed by atoms with van der Waals surface area (Å²) < 4.78 is 40.4. The van der Waals surface area contributed by atoms with Gasteiger partial charge in [0.15, 0.2) is 0 Å². The number of carbonyl (C=O) groups excluding carboxylic acids is 2. The van der Waals surface area contributed by atoms with Crippen LogP contribution in [0.4, 0.5) is 16.2 Å². The number of hydrogen-bond acceptors (Lipinski definition) is 11. The topological polar surface area (TPSA) is 188 Å². The van der Waals surface area contributed by atoms with Gasteiger partial charge in [0.1, 0.15) is 17.6 Å². The Balaban J connectivity index is 1.43. The van der Waals surface area contributed by atoms with E-state index in [4.69, 9.17) is 19.9 Å². The lowest BCUT2D eigenvalue weighted by molar-refractivity contribution is -0.118. The summed E-state index contributed by atoms with van der Waals surface area (Å²) in [4.78, 5) is 26.5. The molecular formula is C34H47N5O8S. The van der Waals surface area contributed by atoms with Crippen LogP contribution in [0.25, 0.3) is 0 Å². The van der Waals surface area contributed by atoms with E-state index in [0.29, 0.717) is 22.9 Å². The van der Waals surface area contributed by atoms with E-state index in [2.05, 4.69) is 16.0 Å². The fourth-order valence-corrected chi connectivity index (χ4v) is 7.10. The minimum Gasteiger partial charge on any atom is -0.497 e. The van der Waals surface area contributed by atoms with E-state index in [1.165, 1.54) is 18.5 Å². The van der Waals surface area contributed by atoms with E-state index in [1.54, 1.807) is 42.5 Å². The normalized spacial score (nSPS) is 17.9. The van der Waals surface area contributed by atoms with Crippen LogP contribution in [0, 0.1) is 5.92 Å². The predicted molar refractivity (Wildman–Crippen MR) is 186 cm³/mol. The zero-order valence-corrected chi connectivity index (χ0v) is 28.5. The summed E-state index contributed by atoms with van der Waals surface area (Å²) in [5.74, 6) is 0.737. The van der Waals surface area contributed by atoms with Crippen molar-refractivity contribution < 1.29 is 38.0 Å². The Bertz CT molecular complexity index is 1490. The number of amides is 2. The molecule has 262 valence electrons. The van der Waals surface area contributed by atoms with Crippen molar-refractivity contribution in [3.05, 3.63) is 78.4 Å². The number of anilines is 2. The Morgan fingerprint density at radius 3 is 2.38 bits per heavy atom. The Kier molecular flexibility index (Phi) is 12.9. The van der Waals surface area contributed by atoms with E-state index < -0.39 is 41.2 Å². The lowest BCUT2D eigenvalue weighted by Gasteiger charge is -2.45. The molecule has 0 aliphatic carbocycles. The predicted octanol–water partition coefficient (Wildman–Crippen LogP) is 4.34. The molecule has 0 saturated carbocycles. The van der Waals surface area contributed by atoms with E-state index >= 15 is 0 Å². The molecule has 3 aromatic rings. The summed E-state index contributed by atoms with van der Waals surface area (Å²) in [5, 5.41) is 20.2. The Morgan fingerprint density at radius 2 is 1.73 bits per heavy atom. The number of ether oxygens (including phenoxy) is 3. The van der Waals surface area contributed by atoms with Crippen molar-refractivity contribution in [2.45, 2.75) is 55.9 Å². The summed E-state index contributed by atoms with van der Waals surface area (Å²) in [6.45, 7) is 4.24. The molecule has 3 aromatic carbocycles. The van der Waals surface area contributed by atoms with Gasteiger partial charge in [-0.25, -0.2) is 4.79 Å². The smallest absolute Gasteiger partial charge is 0.407 e. The van der Waals surface area contributed by atoms with Gasteiger partial charge in [-0.2, -0.15) is 4.31 Å². The number of rotatable bonds is 15. The van der Waals surface area contributed by atoms with Crippen molar-refractivity contribution in [3.8, 4) is 11.5 Å².